The van der Waals surface area contributed by atoms with Crippen LogP contribution in [-0.2, 0) is 11.3 Å². The van der Waals surface area contributed by atoms with Crippen LogP contribution < -0.4 is 5.56 Å². The van der Waals surface area contributed by atoms with E-state index in [-0.39, 0.29) is 11.5 Å². The first-order valence-electron chi connectivity index (χ1n) is 9.02. The van der Waals surface area contributed by atoms with E-state index >= 15 is 0 Å². The largest absolute Gasteiger partial charge is 0.381 e. The van der Waals surface area contributed by atoms with E-state index in [1.165, 1.54) is 4.68 Å². The summed E-state index contributed by atoms with van der Waals surface area (Å²) in [5, 5.41) is 5.60. The Morgan fingerprint density at radius 1 is 1.32 bits per heavy atom. The fourth-order valence-corrected chi connectivity index (χ4v) is 3.30. The van der Waals surface area contributed by atoms with E-state index in [1.54, 1.807) is 12.1 Å². The number of aryl methyl sites for hydroxylation is 1. The summed E-state index contributed by atoms with van der Waals surface area (Å²) in [6.07, 6.45) is 1.77. The molecule has 6 nitrogen and oxygen atoms in total. The molecule has 2 aromatic rings. The van der Waals surface area contributed by atoms with Gasteiger partial charge in [0, 0.05) is 37.5 Å². The van der Waals surface area contributed by atoms with Gasteiger partial charge in [-0.3, -0.25) is 9.59 Å². The summed E-state index contributed by atoms with van der Waals surface area (Å²) in [5.74, 6) is 0.257. The molecule has 25 heavy (non-hydrogen) atoms. The maximum atomic E-state index is 13.2. The highest BCUT2D eigenvalue weighted by molar-refractivity contribution is 6.04. The Morgan fingerprint density at radius 3 is 2.72 bits per heavy atom. The van der Waals surface area contributed by atoms with Crippen LogP contribution in [0.1, 0.15) is 37.2 Å². The van der Waals surface area contributed by atoms with E-state index in [4.69, 9.17) is 4.74 Å². The molecule has 1 saturated heterocycles. The average Bonchev–Trinajstić information content (AvgIpc) is 3.15. The Balaban J connectivity index is 2.01. The number of aromatic nitrogens is 2. The van der Waals surface area contributed by atoms with Crippen molar-refractivity contribution in [1.82, 2.24) is 14.7 Å². The first kappa shape index (κ1) is 17.6. The molecule has 1 amide bonds. The number of ether oxygens (including phenoxy) is 1. The van der Waals surface area contributed by atoms with E-state index in [9.17, 15) is 9.59 Å². The zero-order valence-electron chi connectivity index (χ0n) is 14.9. The number of nitrogens with zero attached hydrogens (tertiary/aromatic N) is 3. The SMILES string of the molecule is CCCn1nc(C(=O)N(CC)C[C@@H]2CCOC2)c2ccccc2c1=O. The van der Waals surface area contributed by atoms with Gasteiger partial charge in [-0.1, -0.05) is 25.1 Å². The molecule has 3 rings (SSSR count). The van der Waals surface area contributed by atoms with Crippen LogP contribution in [0, 0.1) is 5.92 Å². The van der Waals surface area contributed by atoms with E-state index in [2.05, 4.69) is 5.10 Å². The molecule has 1 aliphatic rings. The van der Waals surface area contributed by atoms with E-state index < -0.39 is 0 Å². The van der Waals surface area contributed by atoms with Gasteiger partial charge in [0.1, 0.15) is 0 Å². The molecule has 0 unspecified atom stereocenters. The molecule has 0 spiro atoms. The number of carbonyl (C=O) groups excluding carboxylic acids is 1. The van der Waals surface area contributed by atoms with Crippen molar-refractivity contribution in [2.45, 2.75) is 33.2 Å². The third-order valence-corrected chi connectivity index (χ3v) is 4.68. The highest BCUT2D eigenvalue weighted by Gasteiger charge is 2.25. The van der Waals surface area contributed by atoms with Crippen molar-refractivity contribution in [3.05, 3.63) is 40.3 Å². The smallest absolute Gasteiger partial charge is 0.274 e. The lowest BCUT2D eigenvalue weighted by Crippen LogP contribution is -2.37. The monoisotopic (exact) mass is 343 g/mol. The van der Waals surface area contributed by atoms with Crippen LogP contribution in [0.5, 0.6) is 0 Å². The van der Waals surface area contributed by atoms with Crippen molar-refractivity contribution in [2.75, 3.05) is 26.3 Å². The summed E-state index contributed by atoms with van der Waals surface area (Å²) < 4.78 is 6.84. The lowest BCUT2D eigenvalue weighted by atomic mass is 10.1. The van der Waals surface area contributed by atoms with Gasteiger partial charge in [-0.25, -0.2) is 4.68 Å². The molecule has 6 heteroatoms. The molecule has 0 radical (unpaired) electrons. The number of carbonyl (C=O) groups is 1. The minimum absolute atomic E-state index is 0.115. The first-order chi connectivity index (χ1) is 12.2. The Kier molecular flexibility index (Phi) is 5.48. The predicted octanol–water partition coefficient (Wildman–Crippen LogP) is 2.31. The lowest BCUT2D eigenvalue weighted by Gasteiger charge is -2.24. The van der Waals surface area contributed by atoms with Crippen LogP contribution in [-0.4, -0.2) is 46.9 Å². The van der Waals surface area contributed by atoms with Crippen molar-refractivity contribution < 1.29 is 9.53 Å². The quantitative estimate of drug-likeness (QED) is 0.807. The molecule has 1 aromatic carbocycles. The first-order valence-corrected chi connectivity index (χ1v) is 9.02. The van der Waals surface area contributed by atoms with Crippen LogP contribution in [0.4, 0.5) is 0 Å². The van der Waals surface area contributed by atoms with Gasteiger partial charge < -0.3 is 9.64 Å². The Hall–Kier alpha value is -2.21. The minimum atomic E-state index is -0.138. The molecule has 0 bridgehead atoms. The molecule has 1 atom stereocenters. The number of benzene rings is 1. The molecule has 134 valence electrons. The Bertz CT molecular complexity index is 809. The zero-order valence-corrected chi connectivity index (χ0v) is 14.9. The number of amides is 1. The van der Waals surface area contributed by atoms with Gasteiger partial charge in [-0.15, -0.1) is 0 Å². The summed E-state index contributed by atoms with van der Waals surface area (Å²) in [6.45, 7) is 7.20. The van der Waals surface area contributed by atoms with Crippen molar-refractivity contribution in [2.24, 2.45) is 5.92 Å². The molecular weight excluding hydrogens is 318 g/mol. The third kappa shape index (κ3) is 3.58. The summed E-state index contributed by atoms with van der Waals surface area (Å²) in [5.41, 5.74) is 0.227. The average molecular weight is 343 g/mol. The highest BCUT2D eigenvalue weighted by Crippen LogP contribution is 2.18. The van der Waals surface area contributed by atoms with E-state index in [1.807, 2.05) is 30.9 Å². The third-order valence-electron chi connectivity index (χ3n) is 4.68. The summed E-state index contributed by atoms with van der Waals surface area (Å²) in [6, 6.07) is 7.23. The van der Waals surface area contributed by atoms with Gasteiger partial charge in [0.15, 0.2) is 5.69 Å². The van der Waals surface area contributed by atoms with Gasteiger partial charge in [0.25, 0.3) is 11.5 Å². The van der Waals surface area contributed by atoms with Crippen molar-refractivity contribution in [1.29, 1.82) is 0 Å². The molecular formula is C19H25N3O3. The number of rotatable bonds is 6. The molecule has 2 heterocycles. The van der Waals surface area contributed by atoms with E-state index in [0.717, 1.165) is 19.4 Å². The second-order valence-electron chi connectivity index (χ2n) is 6.50. The van der Waals surface area contributed by atoms with Gasteiger partial charge in [0.05, 0.1) is 12.0 Å². The Labute approximate surface area is 147 Å². The van der Waals surface area contributed by atoms with Crippen molar-refractivity contribution >= 4 is 16.7 Å². The van der Waals surface area contributed by atoms with Crippen LogP contribution in [0.15, 0.2) is 29.1 Å². The highest BCUT2D eigenvalue weighted by atomic mass is 16.5. The topological polar surface area (TPSA) is 64.4 Å². The van der Waals surface area contributed by atoms with Gasteiger partial charge >= 0.3 is 0 Å². The number of hydrogen-bond acceptors (Lipinski definition) is 4. The fraction of sp³-hybridized carbons (Fsp3) is 0.526. The second kappa shape index (κ2) is 7.78. The molecule has 0 aliphatic carbocycles. The van der Waals surface area contributed by atoms with Crippen LogP contribution in [0.25, 0.3) is 10.8 Å². The number of hydrogen-bond donors (Lipinski definition) is 0. The lowest BCUT2D eigenvalue weighted by molar-refractivity contribution is 0.0724. The summed E-state index contributed by atoms with van der Waals surface area (Å²) in [7, 11) is 0. The molecule has 1 fully saturated rings. The standard InChI is InChI=1S/C19H25N3O3/c1-3-10-22-18(23)16-8-6-5-7-15(16)17(20-22)19(24)21(4-2)12-14-9-11-25-13-14/h5-8,14H,3-4,9-13H2,1-2H3/t14-/m0/s1. The van der Waals surface area contributed by atoms with Crippen molar-refractivity contribution in [3.8, 4) is 0 Å². The van der Waals surface area contributed by atoms with Crippen LogP contribution in [0.3, 0.4) is 0 Å². The van der Waals surface area contributed by atoms with Crippen molar-refractivity contribution in [3.63, 3.8) is 0 Å². The van der Waals surface area contributed by atoms with Crippen LogP contribution >= 0.6 is 0 Å². The maximum absolute atomic E-state index is 13.2. The zero-order chi connectivity index (χ0) is 17.8. The van der Waals surface area contributed by atoms with Gasteiger partial charge in [-0.05, 0) is 25.8 Å². The maximum Gasteiger partial charge on any atom is 0.274 e. The molecule has 1 aromatic heterocycles. The van der Waals surface area contributed by atoms with Gasteiger partial charge in [-0.2, -0.15) is 5.10 Å². The normalized spacial score (nSPS) is 17.1. The number of fused-ring (bicyclic) bond motifs is 1. The predicted molar refractivity (Wildman–Crippen MR) is 96.8 cm³/mol. The second-order valence-corrected chi connectivity index (χ2v) is 6.50. The van der Waals surface area contributed by atoms with E-state index in [0.29, 0.717) is 48.6 Å². The summed E-state index contributed by atoms with van der Waals surface area (Å²) in [4.78, 5) is 27.5. The summed E-state index contributed by atoms with van der Waals surface area (Å²) >= 11 is 0. The minimum Gasteiger partial charge on any atom is -0.381 e. The Morgan fingerprint density at radius 2 is 2.08 bits per heavy atom. The van der Waals surface area contributed by atoms with Gasteiger partial charge in [0.2, 0.25) is 0 Å². The molecule has 0 N–H and O–H groups in total. The van der Waals surface area contributed by atoms with Crippen LogP contribution in [0.2, 0.25) is 0 Å². The fourth-order valence-electron chi connectivity index (χ4n) is 3.30. The molecule has 1 aliphatic heterocycles. The molecule has 0 saturated carbocycles.